The van der Waals surface area contributed by atoms with Crippen molar-refractivity contribution in [3.63, 3.8) is 0 Å². The van der Waals surface area contributed by atoms with Crippen molar-refractivity contribution in [1.82, 2.24) is 19.8 Å². The average molecular weight is 533 g/mol. The zero-order valence-corrected chi connectivity index (χ0v) is 22.6. The van der Waals surface area contributed by atoms with Gasteiger partial charge in [0.2, 0.25) is 5.91 Å². The lowest BCUT2D eigenvalue weighted by molar-refractivity contribution is -0.126. The summed E-state index contributed by atoms with van der Waals surface area (Å²) < 4.78 is 6.00. The Kier molecular flexibility index (Phi) is 7.85. The highest BCUT2D eigenvalue weighted by atomic mass is 16.5. The number of nitrogens with zero attached hydrogens (tertiary/aromatic N) is 6. The first-order valence-corrected chi connectivity index (χ1v) is 13.3. The Morgan fingerprint density at radius 1 is 1.21 bits per heavy atom. The van der Waals surface area contributed by atoms with Crippen molar-refractivity contribution in [2.45, 2.75) is 19.0 Å². The molecule has 39 heavy (non-hydrogen) atoms. The van der Waals surface area contributed by atoms with Gasteiger partial charge < -0.3 is 34.5 Å². The molecule has 1 amide bonds. The molecule has 10 nitrogen and oxygen atoms in total. The quantitative estimate of drug-likeness (QED) is 0.422. The third-order valence-corrected chi connectivity index (χ3v) is 7.41. The van der Waals surface area contributed by atoms with Crippen LogP contribution in [0.4, 0.5) is 11.5 Å². The number of piperazine rings is 1. The minimum absolute atomic E-state index is 0.113. The number of aromatic nitrogens is 2. The van der Waals surface area contributed by atoms with Gasteiger partial charge in [0.15, 0.2) is 0 Å². The van der Waals surface area contributed by atoms with Crippen LogP contribution in [0.1, 0.15) is 11.3 Å². The van der Waals surface area contributed by atoms with Crippen molar-refractivity contribution in [3.8, 4) is 11.8 Å². The Hall–Kier alpha value is -3.89. The molecular formula is C29H36N6O4. The number of phenols is 1. The van der Waals surface area contributed by atoms with E-state index in [1.165, 1.54) is 6.08 Å². The topological polar surface area (TPSA) is 106 Å². The van der Waals surface area contributed by atoms with Crippen molar-refractivity contribution >= 4 is 28.2 Å². The highest BCUT2D eigenvalue weighted by Crippen LogP contribution is 2.37. The van der Waals surface area contributed by atoms with Crippen LogP contribution in [0.25, 0.3) is 10.8 Å². The van der Waals surface area contributed by atoms with Gasteiger partial charge >= 0.3 is 6.01 Å². The number of aromatic hydroxyl groups is 1. The van der Waals surface area contributed by atoms with Crippen LogP contribution < -0.4 is 14.5 Å². The van der Waals surface area contributed by atoms with Gasteiger partial charge in [0, 0.05) is 55.4 Å². The fraction of sp³-hybridized carbons (Fsp3) is 0.414. The molecular weight excluding hydrogens is 496 g/mol. The Balaban J connectivity index is 1.50. The molecule has 3 aromatic rings. The van der Waals surface area contributed by atoms with Gasteiger partial charge in [0.25, 0.3) is 0 Å². The first kappa shape index (κ1) is 26.7. The minimum Gasteiger partial charge on any atom is -0.508 e. The molecule has 1 atom stereocenters. The second-order valence-electron chi connectivity index (χ2n) is 10.3. The summed E-state index contributed by atoms with van der Waals surface area (Å²) in [6, 6.07) is 11.6. The molecule has 1 unspecified atom stereocenters. The normalized spacial score (nSPS) is 17.4. The van der Waals surface area contributed by atoms with Crippen LogP contribution in [0.2, 0.25) is 0 Å². The van der Waals surface area contributed by atoms with Gasteiger partial charge in [0.1, 0.15) is 18.2 Å². The maximum Gasteiger partial charge on any atom is 0.318 e. The molecule has 1 aromatic heterocycles. The van der Waals surface area contributed by atoms with Gasteiger partial charge in [-0.2, -0.15) is 9.97 Å². The molecule has 0 bridgehead atoms. The molecule has 206 valence electrons. The molecule has 0 spiro atoms. The number of carbonyl (C=O) groups excluding carboxylic acids is 1. The van der Waals surface area contributed by atoms with E-state index < -0.39 is 0 Å². The Morgan fingerprint density at radius 3 is 2.79 bits per heavy atom. The summed E-state index contributed by atoms with van der Waals surface area (Å²) in [4.78, 5) is 30.0. The third kappa shape index (κ3) is 5.62. The molecule has 2 aliphatic rings. The number of rotatable bonds is 8. The molecule has 2 N–H and O–H groups in total. The van der Waals surface area contributed by atoms with Gasteiger partial charge in [-0.1, -0.05) is 30.8 Å². The molecule has 2 aliphatic heterocycles. The van der Waals surface area contributed by atoms with Crippen molar-refractivity contribution in [3.05, 3.63) is 60.3 Å². The average Bonchev–Trinajstić information content (AvgIpc) is 2.95. The Morgan fingerprint density at radius 2 is 2.03 bits per heavy atom. The maximum atomic E-state index is 12.3. The zero-order chi connectivity index (χ0) is 27.5. The Bertz CT molecular complexity index is 1360. The number of fused-ring (bicyclic) bond motifs is 2. The zero-order valence-electron chi connectivity index (χ0n) is 22.6. The van der Waals surface area contributed by atoms with E-state index in [0.717, 1.165) is 46.6 Å². The van der Waals surface area contributed by atoms with Crippen LogP contribution >= 0.6 is 0 Å². The third-order valence-electron chi connectivity index (χ3n) is 7.41. The number of aliphatic hydroxyl groups excluding tert-OH is 1. The fourth-order valence-corrected chi connectivity index (χ4v) is 5.37. The van der Waals surface area contributed by atoms with Gasteiger partial charge in [-0.3, -0.25) is 4.79 Å². The maximum absolute atomic E-state index is 12.3. The van der Waals surface area contributed by atoms with Crippen molar-refractivity contribution in [2.24, 2.45) is 0 Å². The highest BCUT2D eigenvalue weighted by molar-refractivity contribution is 5.95. The van der Waals surface area contributed by atoms with Crippen molar-refractivity contribution in [1.29, 1.82) is 0 Å². The molecule has 2 aromatic carbocycles. The number of benzene rings is 2. The number of ether oxygens (including phenoxy) is 1. The first-order valence-electron chi connectivity index (χ1n) is 13.3. The summed E-state index contributed by atoms with van der Waals surface area (Å²) in [7, 11) is 3.96. The molecule has 10 heteroatoms. The lowest BCUT2D eigenvalue weighted by atomic mass is 10.0. The number of likely N-dealkylation sites (N-methyl/N-ethyl adjacent to an activating group) is 1. The lowest BCUT2D eigenvalue weighted by Gasteiger charge is -2.42. The van der Waals surface area contributed by atoms with E-state index in [9.17, 15) is 15.0 Å². The molecule has 3 heterocycles. The first-order chi connectivity index (χ1) is 18.9. The van der Waals surface area contributed by atoms with Crippen LogP contribution in [-0.4, -0.2) is 102 Å². The summed E-state index contributed by atoms with van der Waals surface area (Å²) in [6.45, 7) is 7.33. The predicted molar refractivity (Wildman–Crippen MR) is 151 cm³/mol. The molecule has 5 rings (SSSR count). The number of aliphatic hydroxyl groups is 1. The van der Waals surface area contributed by atoms with E-state index in [1.54, 1.807) is 11.0 Å². The van der Waals surface area contributed by atoms with Crippen LogP contribution in [0.15, 0.2) is 49.1 Å². The molecule has 0 radical (unpaired) electrons. The van der Waals surface area contributed by atoms with E-state index in [0.29, 0.717) is 45.2 Å². The monoisotopic (exact) mass is 532 g/mol. The van der Waals surface area contributed by atoms with Gasteiger partial charge in [-0.25, -0.2) is 0 Å². The predicted octanol–water partition coefficient (Wildman–Crippen LogP) is 2.03. The SMILES string of the molecule is C=CC(=O)N1CCN(c2nc(OCCN(C)C)nc3c2CCN(c2cc(O)cc4ccccc24)C3)C(CO)C1. The van der Waals surface area contributed by atoms with E-state index in [1.807, 2.05) is 43.3 Å². The number of hydrogen-bond donors (Lipinski definition) is 2. The minimum atomic E-state index is -0.302. The smallest absolute Gasteiger partial charge is 0.318 e. The van der Waals surface area contributed by atoms with Gasteiger partial charge in [-0.15, -0.1) is 0 Å². The largest absolute Gasteiger partial charge is 0.508 e. The van der Waals surface area contributed by atoms with E-state index in [-0.39, 0.29) is 24.3 Å². The van der Waals surface area contributed by atoms with E-state index in [4.69, 9.17) is 14.7 Å². The Labute approximate surface area is 228 Å². The molecule has 0 aliphatic carbocycles. The van der Waals surface area contributed by atoms with Crippen molar-refractivity contribution in [2.75, 3.05) is 69.8 Å². The summed E-state index contributed by atoms with van der Waals surface area (Å²) in [5.41, 5.74) is 2.84. The summed E-state index contributed by atoms with van der Waals surface area (Å²) in [5, 5.41) is 22.7. The number of carbonyl (C=O) groups is 1. The number of anilines is 2. The van der Waals surface area contributed by atoms with Gasteiger partial charge in [0.05, 0.1) is 24.9 Å². The molecule has 1 fully saturated rings. The lowest BCUT2D eigenvalue weighted by Crippen LogP contribution is -2.56. The highest BCUT2D eigenvalue weighted by Gasteiger charge is 2.33. The molecule has 1 saturated heterocycles. The standard InChI is InChI=1S/C29H36N6O4/c1-4-27(38)34-11-12-35(21(17-34)19-36)28-24-9-10-33(18-25(24)30-29(31-28)39-14-13-32(2)3)26-16-22(37)15-20-7-5-6-8-23(20)26/h4-8,15-16,21,36-37H,1,9-14,17-19H2,2-3H3. The number of hydrogen-bond acceptors (Lipinski definition) is 9. The second-order valence-corrected chi connectivity index (χ2v) is 10.3. The number of amides is 1. The summed E-state index contributed by atoms with van der Waals surface area (Å²) >= 11 is 0. The summed E-state index contributed by atoms with van der Waals surface area (Å²) in [5.74, 6) is 0.841. The molecule has 0 saturated carbocycles. The van der Waals surface area contributed by atoms with E-state index in [2.05, 4.69) is 22.4 Å². The number of phenolic OH excluding ortho intramolecular Hbond substituents is 1. The van der Waals surface area contributed by atoms with E-state index >= 15 is 0 Å². The van der Waals surface area contributed by atoms with Crippen LogP contribution in [0, 0.1) is 0 Å². The van der Waals surface area contributed by atoms with Crippen molar-refractivity contribution < 1.29 is 19.7 Å². The van der Waals surface area contributed by atoms with Crippen LogP contribution in [0.5, 0.6) is 11.8 Å². The van der Waals surface area contributed by atoms with Gasteiger partial charge in [-0.05, 0) is 38.0 Å². The van der Waals surface area contributed by atoms with Crippen LogP contribution in [0.3, 0.4) is 0 Å². The van der Waals surface area contributed by atoms with Crippen LogP contribution in [-0.2, 0) is 17.8 Å². The fourth-order valence-electron chi connectivity index (χ4n) is 5.37. The second kappa shape index (κ2) is 11.5. The summed E-state index contributed by atoms with van der Waals surface area (Å²) in [6.07, 6.45) is 2.00.